The van der Waals surface area contributed by atoms with Gasteiger partial charge >= 0.3 is 0 Å². The molecule has 0 saturated carbocycles. The molecule has 1 fully saturated rings. The van der Waals surface area contributed by atoms with E-state index < -0.39 is 0 Å². The Bertz CT molecular complexity index is 1120. The zero-order chi connectivity index (χ0) is 22.8. The minimum atomic E-state index is -0.161. The Morgan fingerprint density at radius 3 is 2.64 bits per heavy atom. The summed E-state index contributed by atoms with van der Waals surface area (Å²) in [7, 11) is 0. The second-order valence-electron chi connectivity index (χ2n) is 9.18. The number of nitrogens with zero attached hydrogens (tertiary/aromatic N) is 4. The van der Waals surface area contributed by atoms with Gasteiger partial charge in [0.15, 0.2) is 0 Å². The van der Waals surface area contributed by atoms with Crippen molar-refractivity contribution in [3.8, 4) is 0 Å². The van der Waals surface area contributed by atoms with Crippen LogP contribution in [0.4, 0.5) is 0 Å². The number of nitrogens with one attached hydrogen (secondary N) is 1. The lowest BCUT2D eigenvalue weighted by Gasteiger charge is -2.34. The van der Waals surface area contributed by atoms with Crippen LogP contribution in [-0.2, 0) is 17.8 Å². The van der Waals surface area contributed by atoms with Gasteiger partial charge in [-0.25, -0.2) is 4.98 Å². The Morgan fingerprint density at radius 1 is 1.06 bits per heavy atom. The molecular weight excluding hydrogens is 418 g/mol. The quantitative estimate of drug-likeness (QED) is 0.729. The second kappa shape index (κ2) is 9.29. The monoisotopic (exact) mass is 447 g/mol. The molecule has 8 heteroatoms. The number of H-pyrrole nitrogens is 1. The van der Waals surface area contributed by atoms with Gasteiger partial charge < -0.3 is 14.8 Å². The van der Waals surface area contributed by atoms with Gasteiger partial charge in [-0.15, -0.1) is 0 Å². The number of aromatic nitrogens is 3. The molecule has 172 valence electrons. The summed E-state index contributed by atoms with van der Waals surface area (Å²) in [5.41, 5.74) is 1.72. The molecule has 2 aromatic heterocycles. The molecule has 2 aromatic rings. The van der Waals surface area contributed by atoms with Crippen LogP contribution in [0.5, 0.6) is 0 Å². The first kappa shape index (κ1) is 21.6. The van der Waals surface area contributed by atoms with Crippen LogP contribution < -0.4 is 5.56 Å². The fourth-order valence-electron chi connectivity index (χ4n) is 5.13. The fraction of sp³-hybridized carbons (Fsp3) is 0.480. The number of piperidine rings is 1. The van der Waals surface area contributed by atoms with Crippen LogP contribution in [0, 0.1) is 5.92 Å². The molecule has 33 heavy (non-hydrogen) atoms. The molecule has 1 atom stereocenters. The van der Waals surface area contributed by atoms with Gasteiger partial charge in [-0.05, 0) is 44.2 Å². The number of carbonyl (C=O) groups excluding carboxylic acids is 2. The first-order valence-corrected chi connectivity index (χ1v) is 11.8. The van der Waals surface area contributed by atoms with E-state index >= 15 is 0 Å². The maximum Gasteiger partial charge on any atom is 0.256 e. The average Bonchev–Trinajstić information content (AvgIpc) is 2.89. The number of fused-ring (bicyclic) bond motifs is 1. The van der Waals surface area contributed by atoms with Gasteiger partial charge in [0.2, 0.25) is 5.91 Å². The Kier molecular flexibility index (Phi) is 6.07. The van der Waals surface area contributed by atoms with E-state index in [1.165, 1.54) is 0 Å². The predicted molar refractivity (Wildman–Crippen MR) is 123 cm³/mol. The molecule has 3 aliphatic rings. The van der Waals surface area contributed by atoms with Crippen molar-refractivity contribution < 1.29 is 9.59 Å². The van der Waals surface area contributed by atoms with E-state index in [-0.39, 0.29) is 35.8 Å². The largest absolute Gasteiger partial charge is 0.342 e. The summed E-state index contributed by atoms with van der Waals surface area (Å²) in [6.45, 7) is 2.20. The lowest BCUT2D eigenvalue weighted by atomic mass is 9.90. The molecule has 2 aliphatic heterocycles. The third kappa shape index (κ3) is 4.47. The minimum absolute atomic E-state index is 0.116. The predicted octanol–water partition coefficient (Wildman–Crippen LogP) is 2.43. The van der Waals surface area contributed by atoms with E-state index in [9.17, 15) is 14.4 Å². The number of likely N-dealkylation sites (tertiary alicyclic amines) is 1. The summed E-state index contributed by atoms with van der Waals surface area (Å²) in [6, 6.07) is 3.47. The molecule has 5 rings (SSSR count). The number of amides is 2. The van der Waals surface area contributed by atoms with Crippen molar-refractivity contribution in [3.05, 3.63) is 69.7 Å². The number of carbonyl (C=O) groups is 2. The SMILES string of the molecule is O=C(c1cccnc1)N1CCc2nc(C3CCN(C(=O)C4CC=CCC4)CC3)[nH]c(=O)c2C1. The number of pyridine rings is 1. The molecule has 4 heterocycles. The first-order chi connectivity index (χ1) is 16.1. The summed E-state index contributed by atoms with van der Waals surface area (Å²) in [6.07, 6.45) is 12.4. The smallest absolute Gasteiger partial charge is 0.256 e. The van der Waals surface area contributed by atoms with E-state index in [0.717, 1.165) is 43.6 Å². The van der Waals surface area contributed by atoms with Gasteiger partial charge in [0.25, 0.3) is 11.5 Å². The summed E-state index contributed by atoms with van der Waals surface area (Å²) >= 11 is 0. The molecule has 0 spiro atoms. The summed E-state index contributed by atoms with van der Waals surface area (Å²) < 4.78 is 0. The number of rotatable bonds is 3. The molecule has 1 saturated heterocycles. The van der Waals surface area contributed by atoms with E-state index in [1.54, 1.807) is 29.4 Å². The van der Waals surface area contributed by atoms with Crippen LogP contribution in [-0.4, -0.2) is 56.2 Å². The lowest BCUT2D eigenvalue weighted by Crippen LogP contribution is -2.42. The van der Waals surface area contributed by atoms with Crippen LogP contribution in [0.25, 0.3) is 0 Å². The first-order valence-electron chi connectivity index (χ1n) is 11.8. The van der Waals surface area contributed by atoms with Crippen molar-refractivity contribution in [1.82, 2.24) is 24.8 Å². The molecular formula is C25H29N5O3. The average molecular weight is 448 g/mol. The number of aromatic amines is 1. The Labute approximate surface area is 192 Å². The summed E-state index contributed by atoms with van der Waals surface area (Å²) in [5.74, 6) is 1.13. The van der Waals surface area contributed by atoms with E-state index in [0.29, 0.717) is 37.2 Å². The Morgan fingerprint density at radius 2 is 1.91 bits per heavy atom. The van der Waals surface area contributed by atoms with Gasteiger partial charge in [-0.2, -0.15) is 0 Å². The number of hydrogen-bond acceptors (Lipinski definition) is 5. The Balaban J connectivity index is 1.24. The molecule has 1 aliphatic carbocycles. The third-order valence-corrected chi connectivity index (χ3v) is 7.09. The van der Waals surface area contributed by atoms with Crippen LogP contribution in [0.15, 0.2) is 41.5 Å². The van der Waals surface area contributed by atoms with Crippen LogP contribution >= 0.6 is 0 Å². The van der Waals surface area contributed by atoms with Gasteiger partial charge in [0.05, 0.1) is 23.4 Å². The summed E-state index contributed by atoms with van der Waals surface area (Å²) in [4.78, 5) is 53.9. The molecule has 8 nitrogen and oxygen atoms in total. The zero-order valence-corrected chi connectivity index (χ0v) is 18.7. The molecule has 0 radical (unpaired) electrons. The fourth-order valence-corrected chi connectivity index (χ4v) is 5.13. The van der Waals surface area contributed by atoms with Crippen molar-refractivity contribution in [2.45, 2.75) is 51.0 Å². The highest BCUT2D eigenvalue weighted by Gasteiger charge is 2.31. The zero-order valence-electron chi connectivity index (χ0n) is 18.7. The maximum absolute atomic E-state index is 12.9. The van der Waals surface area contributed by atoms with Crippen LogP contribution in [0.1, 0.15) is 65.5 Å². The van der Waals surface area contributed by atoms with Crippen molar-refractivity contribution in [2.24, 2.45) is 5.92 Å². The molecule has 2 amide bonds. The van der Waals surface area contributed by atoms with E-state index in [2.05, 4.69) is 22.1 Å². The molecule has 0 aromatic carbocycles. The second-order valence-corrected chi connectivity index (χ2v) is 9.18. The maximum atomic E-state index is 12.9. The van der Waals surface area contributed by atoms with Gasteiger partial charge in [-0.3, -0.25) is 19.4 Å². The van der Waals surface area contributed by atoms with Gasteiger partial charge in [0.1, 0.15) is 5.82 Å². The standard InChI is InChI=1S/C25H29N5O3/c31-23-20-16-30(25(33)19-7-4-11-26-15-19)14-10-21(20)27-22(28-23)17-8-12-29(13-9-17)24(32)18-5-2-1-3-6-18/h1-2,4,7,11,15,17-18H,3,5-6,8-10,12-14,16H2,(H,27,28,31). The van der Waals surface area contributed by atoms with E-state index in [1.807, 2.05) is 4.90 Å². The van der Waals surface area contributed by atoms with Crippen molar-refractivity contribution in [3.63, 3.8) is 0 Å². The van der Waals surface area contributed by atoms with Crippen molar-refractivity contribution in [2.75, 3.05) is 19.6 Å². The van der Waals surface area contributed by atoms with Crippen molar-refractivity contribution >= 4 is 11.8 Å². The minimum Gasteiger partial charge on any atom is -0.342 e. The molecule has 1 N–H and O–H groups in total. The van der Waals surface area contributed by atoms with Crippen LogP contribution in [0.3, 0.4) is 0 Å². The van der Waals surface area contributed by atoms with Crippen molar-refractivity contribution in [1.29, 1.82) is 0 Å². The molecule has 0 bridgehead atoms. The Hall–Kier alpha value is -3.29. The highest BCUT2D eigenvalue weighted by atomic mass is 16.2. The summed E-state index contributed by atoms with van der Waals surface area (Å²) in [5, 5.41) is 0. The third-order valence-electron chi connectivity index (χ3n) is 7.09. The van der Waals surface area contributed by atoms with Crippen LogP contribution in [0.2, 0.25) is 0 Å². The topological polar surface area (TPSA) is 99.3 Å². The highest BCUT2D eigenvalue weighted by molar-refractivity contribution is 5.94. The van der Waals surface area contributed by atoms with Gasteiger partial charge in [0, 0.05) is 50.3 Å². The number of hydrogen-bond donors (Lipinski definition) is 1. The number of allylic oxidation sites excluding steroid dienone is 2. The normalized spacial score (nSPS) is 21.0. The molecule has 1 unspecified atom stereocenters. The van der Waals surface area contributed by atoms with Gasteiger partial charge in [-0.1, -0.05) is 12.2 Å². The lowest BCUT2D eigenvalue weighted by molar-refractivity contribution is -0.136. The van der Waals surface area contributed by atoms with E-state index in [4.69, 9.17) is 4.98 Å². The highest BCUT2D eigenvalue weighted by Crippen LogP contribution is 2.29.